The van der Waals surface area contributed by atoms with Gasteiger partial charge in [0.25, 0.3) is 5.69 Å². The first kappa shape index (κ1) is 15.2. The standard InChI is InChI=1S/C13H17BrFN3O2/c1-17-4-2-9(3-5-17)8-16-12-7-11(15)10(14)6-13(12)18(19)20/h6-7,9,16H,2-5,8H2,1H3. The van der Waals surface area contributed by atoms with E-state index in [1.54, 1.807) is 0 Å². The lowest BCUT2D eigenvalue weighted by Gasteiger charge is -2.29. The summed E-state index contributed by atoms with van der Waals surface area (Å²) < 4.78 is 13.6. The lowest BCUT2D eigenvalue weighted by atomic mass is 9.97. The molecule has 1 fully saturated rings. The van der Waals surface area contributed by atoms with Crippen molar-refractivity contribution in [3.63, 3.8) is 0 Å². The summed E-state index contributed by atoms with van der Waals surface area (Å²) in [6, 6.07) is 2.38. The van der Waals surface area contributed by atoms with E-state index < -0.39 is 10.7 Å². The molecule has 0 unspecified atom stereocenters. The summed E-state index contributed by atoms with van der Waals surface area (Å²) in [5.41, 5.74) is 0.140. The molecule has 1 aliphatic heterocycles. The minimum atomic E-state index is -0.499. The molecule has 5 nitrogen and oxygen atoms in total. The Morgan fingerprint density at radius 1 is 1.50 bits per heavy atom. The molecule has 1 aromatic rings. The molecule has 0 saturated carbocycles. The highest BCUT2D eigenvalue weighted by atomic mass is 79.9. The summed E-state index contributed by atoms with van der Waals surface area (Å²) in [6.07, 6.45) is 2.10. The van der Waals surface area contributed by atoms with Gasteiger partial charge in [-0.1, -0.05) is 0 Å². The van der Waals surface area contributed by atoms with Gasteiger partial charge in [0.15, 0.2) is 0 Å². The lowest BCUT2D eigenvalue weighted by Crippen LogP contribution is -2.33. The number of hydrogen-bond donors (Lipinski definition) is 1. The predicted molar refractivity (Wildman–Crippen MR) is 79.5 cm³/mol. The maximum absolute atomic E-state index is 13.5. The van der Waals surface area contributed by atoms with Gasteiger partial charge >= 0.3 is 0 Å². The second-order valence-corrected chi connectivity index (χ2v) is 6.02. The van der Waals surface area contributed by atoms with E-state index in [0.29, 0.717) is 12.5 Å². The van der Waals surface area contributed by atoms with Crippen molar-refractivity contribution in [2.45, 2.75) is 12.8 Å². The number of nitrogens with one attached hydrogen (secondary N) is 1. The minimum Gasteiger partial charge on any atom is -0.379 e. The molecule has 20 heavy (non-hydrogen) atoms. The van der Waals surface area contributed by atoms with Gasteiger partial charge in [0.1, 0.15) is 11.5 Å². The fourth-order valence-corrected chi connectivity index (χ4v) is 2.68. The van der Waals surface area contributed by atoms with Crippen LogP contribution in [-0.4, -0.2) is 36.5 Å². The first-order chi connectivity index (χ1) is 9.47. The zero-order valence-corrected chi connectivity index (χ0v) is 12.8. The summed E-state index contributed by atoms with van der Waals surface area (Å²) in [6.45, 7) is 2.70. The molecular weight excluding hydrogens is 329 g/mol. The summed E-state index contributed by atoms with van der Waals surface area (Å²) in [4.78, 5) is 12.8. The summed E-state index contributed by atoms with van der Waals surface area (Å²) >= 11 is 2.97. The fourth-order valence-electron chi connectivity index (χ4n) is 2.35. The number of anilines is 1. The van der Waals surface area contributed by atoms with Gasteiger partial charge in [0, 0.05) is 18.7 Å². The van der Waals surface area contributed by atoms with Gasteiger partial charge in [-0.25, -0.2) is 4.39 Å². The number of halogens is 2. The molecule has 0 amide bonds. The minimum absolute atomic E-state index is 0.105. The molecule has 0 spiro atoms. The summed E-state index contributed by atoms with van der Waals surface area (Å²) in [5, 5.41) is 14.0. The number of nitro groups is 1. The molecule has 1 aliphatic rings. The average Bonchev–Trinajstić information content (AvgIpc) is 2.41. The smallest absolute Gasteiger partial charge is 0.293 e. The maximum Gasteiger partial charge on any atom is 0.293 e. The molecule has 1 heterocycles. The lowest BCUT2D eigenvalue weighted by molar-refractivity contribution is -0.384. The SMILES string of the molecule is CN1CCC(CNc2cc(F)c(Br)cc2[N+](=O)[O-])CC1. The number of nitrogens with zero attached hydrogens (tertiary/aromatic N) is 2. The van der Waals surface area contributed by atoms with E-state index in [2.05, 4.69) is 33.2 Å². The van der Waals surface area contributed by atoms with Crippen molar-refractivity contribution in [3.05, 3.63) is 32.5 Å². The van der Waals surface area contributed by atoms with Crippen molar-refractivity contribution in [1.29, 1.82) is 0 Å². The molecule has 0 aliphatic carbocycles. The van der Waals surface area contributed by atoms with Gasteiger partial charge in [0.2, 0.25) is 0 Å². The van der Waals surface area contributed by atoms with Gasteiger partial charge in [-0.15, -0.1) is 0 Å². The van der Waals surface area contributed by atoms with Crippen LogP contribution in [0.5, 0.6) is 0 Å². The van der Waals surface area contributed by atoms with Crippen molar-refractivity contribution < 1.29 is 9.31 Å². The van der Waals surface area contributed by atoms with E-state index >= 15 is 0 Å². The van der Waals surface area contributed by atoms with Gasteiger partial charge in [-0.3, -0.25) is 10.1 Å². The number of rotatable bonds is 4. The second-order valence-electron chi connectivity index (χ2n) is 5.17. The number of piperidine rings is 1. The largest absolute Gasteiger partial charge is 0.379 e. The third-order valence-corrected chi connectivity index (χ3v) is 4.26. The maximum atomic E-state index is 13.5. The van der Waals surface area contributed by atoms with Crippen molar-refractivity contribution in [3.8, 4) is 0 Å². The van der Waals surface area contributed by atoms with Crippen molar-refractivity contribution in [2.24, 2.45) is 5.92 Å². The summed E-state index contributed by atoms with van der Waals surface area (Å²) in [7, 11) is 2.08. The zero-order valence-electron chi connectivity index (χ0n) is 11.2. The molecule has 0 bridgehead atoms. The molecule has 0 aromatic heterocycles. The van der Waals surface area contributed by atoms with Gasteiger partial charge in [-0.2, -0.15) is 0 Å². The average molecular weight is 346 g/mol. The highest BCUT2D eigenvalue weighted by molar-refractivity contribution is 9.10. The van der Waals surface area contributed by atoms with Crippen LogP contribution in [0.4, 0.5) is 15.8 Å². The molecule has 1 aromatic carbocycles. The van der Waals surface area contributed by atoms with Gasteiger partial charge < -0.3 is 10.2 Å². The summed E-state index contributed by atoms with van der Waals surface area (Å²) in [5.74, 6) is -0.0287. The highest BCUT2D eigenvalue weighted by Crippen LogP contribution is 2.31. The third kappa shape index (κ3) is 3.67. The van der Waals surface area contributed by atoms with Crippen LogP contribution in [0.3, 0.4) is 0 Å². The zero-order chi connectivity index (χ0) is 14.7. The van der Waals surface area contributed by atoms with Gasteiger partial charge in [0.05, 0.1) is 9.40 Å². The van der Waals surface area contributed by atoms with Crippen LogP contribution in [0, 0.1) is 21.8 Å². The van der Waals surface area contributed by atoms with E-state index in [9.17, 15) is 14.5 Å². The molecular formula is C13H17BrFN3O2. The van der Waals surface area contributed by atoms with E-state index in [1.165, 1.54) is 12.1 Å². The Hall–Kier alpha value is -1.21. The first-order valence-corrected chi connectivity index (χ1v) is 7.32. The molecule has 0 radical (unpaired) electrons. The topological polar surface area (TPSA) is 58.4 Å². The van der Waals surface area contributed by atoms with Crippen molar-refractivity contribution >= 4 is 27.3 Å². The van der Waals surface area contributed by atoms with Crippen LogP contribution < -0.4 is 5.32 Å². The van der Waals surface area contributed by atoms with E-state index in [1.807, 2.05) is 0 Å². The molecule has 7 heteroatoms. The Morgan fingerprint density at radius 3 is 2.75 bits per heavy atom. The van der Waals surface area contributed by atoms with E-state index in [-0.39, 0.29) is 15.8 Å². The van der Waals surface area contributed by atoms with Crippen LogP contribution in [0.2, 0.25) is 0 Å². The Morgan fingerprint density at radius 2 is 2.15 bits per heavy atom. The molecule has 2 rings (SSSR count). The normalized spacial score (nSPS) is 17.1. The second kappa shape index (κ2) is 6.49. The fraction of sp³-hybridized carbons (Fsp3) is 0.538. The van der Waals surface area contributed by atoms with Crippen LogP contribution in [-0.2, 0) is 0 Å². The van der Waals surface area contributed by atoms with Crippen LogP contribution in [0.1, 0.15) is 12.8 Å². The molecule has 0 atom stereocenters. The van der Waals surface area contributed by atoms with Gasteiger partial charge in [-0.05, 0) is 54.8 Å². The quantitative estimate of drug-likeness (QED) is 0.672. The Kier molecular flexibility index (Phi) is 4.93. The molecule has 1 N–H and O–H groups in total. The van der Waals surface area contributed by atoms with E-state index in [4.69, 9.17) is 0 Å². The first-order valence-electron chi connectivity index (χ1n) is 6.53. The third-order valence-electron chi connectivity index (χ3n) is 3.65. The van der Waals surface area contributed by atoms with Crippen molar-refractivity contribution in [1.82, 2.24) is 4.90 Å². The Bertz CT molecular complexity index is 505. The van der Waals surface area contributed by atoms with Crippen LogP contribution >= 0.6 is 15.9 Å². The van der Waals surface area contributed by atoms with Crippen LogP contribution in [0.25, 0.3) is 0 Å². The Balaban J connectivity index is 2.05. The number of likely N-dealkylation sites (tertiary alicyclic amines) is 1. The highest BCUT2D eigenvalue weighted by Gasteiger charge is 2.20. The molecule has 1 saturated heterocycles. The number of hydrogen-bond acceptors (Lipinski definition) is 4. The van der Waals surface area contributed by atoms with E-state index in [0.717, 1.165) is 25.9 Å². The predicted octanol–water partition coefficient (Wildman–Crippen LogP) is 3.25. The Labute approximate surface area is 125 Å². The van der Waals surface area contributed by atoms with Crippen LogP contribution in [0.15, 0.2) is 16.6 Å². The number of nitro benzene ring substituents is 1. The monoisotopic (exact) mass is 345 g/mol. The van der Waals surface area contributed by atoms with Crippen molar-refractivity contribution in [2.75, 3.05) is 32.0 Å². The molecule has 110 valence electrons. The number of benzene rings is 1.